The van der Waals surface area contributed by atoms with Crippen LogP contribution in [0.1, 0.15) is 10.4 Å². The van der Waals surface area contributed by atoms with Crippen molar-refractivity contribution in [3.8, 4) is 5.75 Å². The molecule has 1 unspecified atom stereocenters. The van der Waals surface area contributed by atoms with Crippen LogP contribution in [0.5, 0.6) is 5.75 Å². The molecule has 1 atom stereocenters. The van der Waals surface area contributed by atoms with Gasteiger partial charge in [-0.2, -0.15) is 0 Å². The molecule has 4 heteroatoms. The van der Waals surface area contributed by atoms with Crippen LogP contribution in [0.25, 0.3) is 0 Å². The number of benzene rings is 1. The van der Waals surface area contributed by atoms with E-state index in [4.69, 9.17) is 15.2 Å². The standard InChI is InChI=1S/C12H11NO3/c13-12(14)9-5-1-2-6-10(9)16-11-7-3-4-8-15-11/h1-8,11H,(H2,13,14). The van der Waals surface area contributed by atoms with Gasteiger partial charge in [-0.15, -0.1) is 0 Å². The number of hydrogen-bond donors (Lipinski definition) is 1. The molecular weight excluding hydrogens is 206 g/mol. The highest BCUT2D eigenvalue weighted by Gasteiger charge is 2.13. The summed E-state index contributed by atoms with van der Waals surface area (Å²) in [5.74, 6) is -0.106. The monoisotopic (exact) mass is 217 g/mol. The van der Waals surface area contributed by atoms with Gasteiger partial charge in [-0.3, -0.25) is 4.79 Å². The van der Waals surface area contributed by atoms with Gasteiger partial charge in [-0.1, -0.05) is 18.2 Å². The van der Waals surface area contributed by atoms with Gasteiger partial charge in [-0.25, -0.2) is 0 Å². The Morgan fingerprint density at radius 1 is 1.31 bits per heavy atom. The molecule has 0 radical (unpaired) electrons. The van der Waals surface area contributed by atoms with Gasteiger partial charge in [0.25, 0.3) is 12.2 Å². The van der Waals surface area contributed by atoms with E-state index in [1.54, 1.807) is 42.5 Å². The zero-order valence-corrected chi connectivity index (χ0v) is 8.50. The Balaban J connectivity index is 2.17. The Morgan fingerprint density at radius 2 is 2.12 bits per heavy atom. The Bertz CT molecular complexity index is 451. The maximum Gasteiger partial charge on any atom is 0.260 e. The number of rotatable bonds is 3. The topological polar surface area (TPSA) is 61.6 Å². The first-order valence-corrected chi connectivity index (χ1v) is 4.81. The molecule has 0 aliphatic carbocycles. The molecule has 16 heavy (non-hydrogen) atoms. The predicted octanol–water partition coefficient (Wildman–Crippen LogP) is 1.59. The fourth-order valence-corrected chi connectivity index (χ4v) is 1.33. The molecule has 2 N–H and O–H groups in total. The second kappa shape index (κ2) is 4.53. The van der Waals surface area contributed by atoms with Gasteiger partial charge in [-0.05, 0) is 24.3 Å². The van der Waals surface area contributed by atoms with E-state index >= 15 is 0 Å². The van der Waals surface area contributed by atoms with E-state index in [1.807, 2.05) is 0 Å². The molecule has 1 heterocycles. The lowest BCUT2D eigenvalue weighted by molar-refractivity contribution is 0.00738. The Kier molecular flexibility index (Phi) is 2.91. The summed E-state index contributed by atoms with van der Waals surface area (Å²) in [6, 6.07) is 6.78. The third-order valence-corrected chi connectivity index (χ3v) is 2.07. The molecule has 0 fully saturated rings. The van der Waals surface area contributed by atoms with Crippen molar-refractivity contribution in [2.75, 3.05) is 0 Å². The number of allylic oxidation sites excluding steroid dienone is 2. The van der Waals surface area contributed by atoms with Gasteiger partial charge in [0.15, 0.2) is 0 Å². The van der Waals surface area contributed by atoms with Gasteiger partial charge in [0.2, 0.25) is 0 Å². The van der Waals surface area contributed by atoms with Crippen LogP contribution >= 0.6 is 0 Å². The van der Waals surface area contributed by atoms with Crippen LogP contribution in [0.3, 0.4) is 0 Å². The molecule has 1 aromatic carbocycles. The van der Waals surface area contributed by atoms with Gasteiger partial charge in [0.1, 0.15) is 5.75 Å². The van der Waals surface area contributed by atoms with E-state index in [2.05, 4.69) is 0 Å². The summed E-state index contributed by atoms with van der Waals surface area (Å²) in [5, 5.41) is 0. The summed E-state index contributed by atoms with van der Waals surface area (Å²) in [6.07, 6.45) is 6.29. The summed E-state index contributed by atoms with van der Waals surface area (Å²) >= 11 is 0. The largest absolute Gasteiger partial charge is 0.459 e. The number of nitrogens with two attached hydrogens (primary N) is 1. The zero-order valence-electron chi connectivity index (χ0n) is 8.50. The summed E-state index contributed by atoms with van der Waals surface area (Å²) in [7, 11) is 0. The number of hydrogen-bond acceptors (Lipinski definition) is 3. The SMILES string of the molecule is NC(=O)c1ccccc1OC1C=CC=CO1. The van der Waals surface area contributed by atoms with Crippen LogP contribution in [0.4, 0.5) is 0 Å². The van der Waals surface area contributed by atoms with Crippen LogP contribution in [-0.4, -0.2) is 12.2 Å². The van der Waals surface area contributed by atoms with E-state index in [0.717, 1.165) is 0 Å². The van der Waals surface area contributed by atoms with E-state index in [1.165, 1.54) is 6.26 Å². The minimum Gasteiger partial charge on any atom is -0.459 e. The molecule has 0 saturated carbocycles. The Morgan fingerprint density at radius 3 is 2.81 bits per heavy atom. The normalized spacial score (nSPS) is 17.9. The van der Waals surface area contributed by atoms with Crippen molar-refractivity contribution < 1.29 is 14.3 Å². The third kappa shape index (κ3) is 2.23. The minimum absolute atomic E-state index is 0.342. The average Bonchev–Trinajstić information content (AvgIpc) is 2.31. The molecule has 0 saturated heterocycles. The zero-order chi connectivity index (χ0) is 11.4. The third-order valence-electron chi connectivity index (χ3n) is 2.07. The highest BCUT2D eigenvalue weighted by atomic mass is 16.7. The number of ether oxygens (including phenoxy) is 2. The summed E-state index contributed by atoms with van der Waals surface area (Å²) < 4.78 is 10.7. The van der Waals surface area contributed by atoms with Crippen molar-refractivity contribution in [2.45, 2.75) is 6.29 Å². The molecule has 1 amide bonds. The van der Waals surface area contributed by atoms with Crippen LogP contribution in [0.15, 0.2) is 48.8 Å². The van der Waals surface area contributed by atoms with Crippen LogP contribution in [-0.2, 0) is 4.74 Å². The van der Waals surface area contributed by atoms with Crippen molar-refractivity contribution in [3.63, 3.8) is 0 Å². The van der Waals surface area contributed by atoms with E-state index in [9.17, 15) is 4.79 Å². The number of carbonyl (C=O) groups excluding carboxylic acids is 1. The highest BCUT2D eigenvalue weighted by molar-refractivity contribution is 5.95. The average molecular weight is 217 g/mol. The van der Waals surface area contributed by atoms with Crippen molar-refractivity contribution in [2.24, 2.45) is 5.73 Å². The maximum atomic E-state index is 11.1. The summed E-state index contributed by atoms with van der Waals surface area (Å²) in [5.41, 5.74) is 5.57. The van der Waals surface area contributed by atoms with Crippen LogP contribution < -0.4 is 10.5 Å². The Labute approximate surface area is 93.0 Å². The Hall–Kier alpha value is -2.23. The summed E-state index contributed by atoms with van der Waals surface area (Å²) in [6.45, 7) is 0. The summed E-state index contributed by atoms with van der Waals surface area (Å²) in [4.78, 5) is 11.1. The van der Waals surface area contributed by atoms with Crippen molar-refractivity contribution in [3.05, 3.63) is 54.3 Å². The maximum absolute atomic E-state index is 11.1. The van der Waals surface area contributed by atoms with E-state index in [-0.39, 0.29) is 0 Å². The van der Waals surface area contributed by atoms with Gasteiger partial charge in [0.05, 0.1) is 11.8 Å². The lowest BCUT2D eigenvalue weighted by Gasteiger charge is -2.18. The quantitative estimate of drug-likeness (QED) is 0.836. The van der Waals surface area contributed by atoms with Crippen molar-refractivity contribution >= 4 is 5.91 Å². The van der Waals surface area contributed by atoms with Crippen molar-refractivity contribution in [1.29, 1.82) is 0 Å². The molecule has 1 aromatic rings. The molecule has 2 rings (SSSR count). The smallest absolute Gasteiger partial charge is 0.260 e. The second-order valence-corrected chi connectivity index (χ2v) is 3.20. The van der Waals surface area contributed by atoms with Gasteiger partial charge >= 0.3 is 0 Å². The molecule has 0 spiro atoms. The van der Waals surface area contributed by atoms with Crippen molar-refractivity contribution in [1.82, 2.24) is 0 Å². The first-order chi connectivity index (χ1) is 7.77. The number of para-hydroxylation sites is 1. The second-order valence-electron chi connectivity index (χ2n) is 3.20. The molecule has 1 aliphatic heterocycles. The van der Waals surface area contributed by atoms with E-state index in [0.29, 0.717) is 11.3 Å². The number of amides is 1. The van der Waals surface area contributed by atoms with Gasteiger partial charge < -0.3 is 15.2 Å². The van der Waals surface area contributed by atoms with E-state index < -0.39 is 12.2 Å². The fraction of sp³-hybridized carbons (Fsp3) is 0.0833. The lowest BCUT2D eigenvalue weighted by Crippen LogP contribution is -2.20. The highest BCUT2D eigenvalue weighted by Crippen LogP contribution is 2.20. The van der Waals surface area contributed by atoms with Gasteiger partial charge in [0, 0.05) is 0 Å². The number of carbonyl (C=O) groups is 1. The minimum atomic E-state index is -0.523. The molecular formula is C12H11NO3. The predicted molar refractivity (Wildman–Crippen MR) is 58.7 cm³/mol. The number of primary amides is 1. The first-order valence-electron chi connectivity index (χ1n) is 4.81. The molecule has 4 nitrogen and oxygen atoms in total. The van der Waals surface area contributed by atoms with Crippen LogP contribution in [0.2, 0.25) is 0 Å². The molecule has 1 aliphatic rings. The first kappa shape index (κ1) is 10.3. The molecule has 0 aromatic heterocycles. The fourth-order valence-electron chi connectivity index (χ4n) is 1.33. The molecule has 82 valence electrons. The van der Waals surface area contributed by atoms with Crippen LogP contribution in [0, 0.1) is 0 Å². The lowest BCUT2D eigenvalue weighted by atomic mass is 10.2. The molecule has 0 bridgehead atoms.